The average molecular weight is 216 g/mol. The Morgan fingerprint density at radius 1 is 1.25 bits per heavy atom. The highest BCUT2D eigenvalue weighted by Gasteiger charge is 2.10. The van der Waals surface area contributed by atoms with Crippen molar-refractivity contribution in [2.24, 2.45) is 9.98 Å². The van der Waals surface area contributed by atoms with Crippen molar-refractivity contribution in [3.63, 3.8) is 0 Å². The largest absolute Gasteiger partial charge is 0.240 e. The van der Waals surface area contributed by atoms with Crippen molar-refractivity contribution >= 4 is 17.8 Å². The molecule has 0 aromatic heterocycles. The van der Waals surface area contributed by atoms with E-state index >= 15 is 0 Å². The molecule has 4 nitrogen and oxygen atoms in total. The summed E-state index contributed by atoms with van der Waals surface area (Å²) in [4.78, 5) is 27.6. The van der Waals surface area contributed by atoms with Gasteiger partial charge in [-0.15, -0.1) is 0 Å². The molecule has 0 aliphatic rings. The fourth-order valence-electron chi connectivity index (χ4n) is 1.57. The molecular formula is C12H12N2O2. The van der Waals surface area contributed by atoms with E-state index in [1.165, 1.54) is 12.2 Å². The number of benzene rings is 1. The summed E-state index contributed by atoms with van der Waals surface area (Å²) >= 11 is 0. The van der Waals surface area contributed by atoms with Gasteiger partial charge in [-0.1, -0.05) is 26.0 Å². The van der Waals surface area contributed by atoms with Crippen LogP contribution in [0.25, 0.3) is 0 Å². The van der Waals surface area contributed by atoms with Gasteiger partial charge in [0, 0.05) is 5.56 Å². The molecule has 0 atom stereocenters. The highest BCUT2D eigenvalue weighted by Crippen LogP contribution is 2.28. The van der Waals surface area contributed by atoms with E-state index in [1.807, 2.05) is 26.0 Å². The maximum atomic E-state index is 10.3. The molecule has 0 saturated heterocycles. The van der Waals surface area contributed by atoms with E-state index in [0.29, 0.717) is 5.69 Å². The van der Waals surface area contributed by atoms with Crippen LogP contribution in [0.2, 0.25) is 0 Å². The lowest BCUT2D eigenvalue weighted by atomic mass is 9.96. The monoisotopic (exact) mass is 216 g/mol. The first-order valence-electron chi connectivity index (χ1n) is 4.94. The van der Waals surface area contributed by atoms with Crippen LogP contribution in [-0.4, -0.2) is 12.2 Å². The van der Waals surface area contributed by atoms with E-state index in [4.69, 9.17) is 0 Å². The zero-order chi connectivity index (χ0) is 12.0. The van der Waals surface area contributed by atoms with Gasteiger partial charge in [0.1, 0.15) is 0 Å². The summed E-state index contributed by atoms with van der Waals surface area (Å²) in [6.45, 7) is 4.24. The maximum Gasteiger partial charge on any atom is 0.240 e. The number of rotatable bonds is 4. The molecule has 0 radical (unpaired) electrons. The molecule has 0 amide bonds. The van der Waals surface area contributed by atoms with E-state index in [9.17, 15) is 9.59 Å². The van der Waals surface area contributed by atoms with Crippen LogP contribution in [0.15, 0.2) is 28.2 Å². The first kappa shape index (κ1) is 12.1. The topological polar surface area (TPSA) is 58.9 Å². The first-order chi connectivity index (χ1) is 7.70. The molecule has 0 N–H and O–H groups in total. The number of hydrogen-bond acceptors (Lipinski definition) is 4. The quantitative estimate of drug-likeness (QED) is 0.573. The summed E-state index contributed by atoms with van der Waals surface area (Å²) in [5.41, 5.74) is 2.32. The van der Waals surface area contributed by atoms with Crippen LogP contribution < -0.4 is 0 Å². The van der Waals surface area contributed by atoms with Crippen LogP contribution >= 0.6 is 0 Å². The second-order valence-corrected chi connectivity index (χ2v) is 3.61. The second-order valence-electron chi connectivity index (χ2n) is 3.61. The molecule has 1 aromatic carbocycles. The smallest absolute Gasteiger partial charge is 0.211 e. The van der Waals surface area contributed by atoms with Crippen LogP contribution in [0.5, 0.6) is 0 Å². The van der Waals surface area contributed by atoms with Crippen molar-refractivity contribution in [1.82, 2.24) is 0 Å². The average Bonchev–Trinajstić information content (AvgIpc) is 2.27. The Bertz CT molecular complexity index is 468. The van der Waals surface area contributed by atoms with Gasteiger partial charge in [0.05, 0.1) is 12.2 Å². The minimum absolute atomic E-state index is 0.193. The molecule has 0 fully saturated rings. The summed E-state index contributed by atoms with van der Waals surface area (Å²) < 4.78 is 0. The summed E-state index contributed by atoms with van der Waals surface area (Å²) in [5.74, 6) is 0.277. The van der Waals surface area contributed by atoms with Gasteiger partial charge in [-0.05, 0) is 17.5 Å². The lowest BCUT2D eigenvalue weighted by Crippen LogP contribution is -1.95. The van der Waals surface area contributed by atoms with Gasteiger partial charge in [-0.25, -0.2) is 14.6 Å². The Morgan fingerprint density at radius 3 is 2.56 bits per heavy atom. The van der Waals surface area contributed by atoms with Gasteiger partial charge in [-0.2, -0.15) is 4.99 Å². The second kappa shape index (κ2) is 5.76. The molecule has 1 rings (SSSR count). The van der Waals surface area contributed by atoms with Gasteiger partial charge in [0.25, 0.3) is 0 Å². The van der Waals surface area contributed by atoms with Gasteiger partial charge in [0.15, 0.2) is 0 Å². The summed E-state index contributed by atoms with van der Waals surface area (Å²) in [6, 6.07) is 5.45. The van der Waals surface area contributed by atoms with E-state index in [2.05, 4.69) is 9.98 Å². The van der Waals surface area contributed by atoms with E-state index < -0.39 is 0 Å². The van der Waals surface area contributed by atoms with E-state index in [1.54, 1.807) is 6.07 Å². The van der Waals surface area contributed by atoms with Crippen molar-refractivity contribution in [3.05, 3.63) is 29.3 Å². The highest BCUT2D eigenvalue weighted by atomic mass is 16.1. The summed E-state index contributed by atoms with van der Waals surface area (Å²) in [5, 5.41) is 0. The molecule has 0 bridgehead atoms. The number of isocyanates is 2. The Kier molecular flexibility index (Phi) is 4.34. The third kappa shape index (κ3) is 2.74. The molecule has 0 spiro atoms. The van der Waals surface area contributed by atoms with E-state index in [-0.39, 0.29) is 12.5 Å². The molecule has 1 aromatic rings. The van der Waals surface area contributed by atoms with Crippen molar-refractivity contribution < 1.29 is 9.59 Å². The number of carbonyl (C=O) groups excluding carboxylic acids is 2. The SMILES string of the molecule is CC(C)c1cccc(N=C=O)c1CN=C=O. The Balaban J connectivity index is 3.33. The molecule has 16 heavy (non-hydrogen) atoms. The molecule has 4 heteroatoms. The van der Waals surface area contributed by atoms with Crippen LogP contribution in [-0.2, 0) is 16.1 Å². The van der Waals surface area contributed by atoms with Crippen LogP contribution in [0.4, 0.5) is 5.69 Å². The van der Waals surface area contributed by atoms with Gasteiger partial charge < -0.3 is 0 Å². The lowest BCUT2D eigenvalue weighted by molar-refractivity contribution is 0.562. The number of nitrogens with zero attached hydrogens (tertiary/aromatic N) is 2. The van der Waals surface area contributed by atoms with Crippen LogP contribution in [0.3, 0.4) is 0 Å². The molecular weight excluding hydrogens is 204 g/mol. The third-order valence-corrected chi connectivity index (χ3v) is 2.28. The number of hydrogen-bond donors (Lipinski definition) is 0. The normalized spacial score (nSPS) is 9.44. The van der Waals surface area contributed by atoms with Crippen molar-refractivity contribution in [2.75, 3.05) is 0 Å². The Labute approximate surface area is 93.7 Å². The molecule has 0 aliphatic heterocycles. The lowest BCUT2D eigenvalue weighted by Gasteiger charge is -2.12. The molecule has 0 aliphatic carbocycles. The highest BCUT2D eigenvalue weighted by molar-refractivity contribution is 5.57. The Hall–Kier alpha value is -2.02. The summed E-state index contributed by atoms with van der Waals surface area (Å²) in [6.07, 6.45) is 2.99. The third-order valence-electron chi connectivity index (χ3n) is 2.28. The summed E-state index contributed by atoms with van der Waals surface area (Å²) in [7, 11) is 0. The molecule has 82 valence electrons. The zero-order valence-electron chi connectivity index (χ0n) is 9.23. The predicted molar refractivity (Wildman–Crippen MR) is 60.1 cm³/mol. The van der Waals surface area contributed by atoms with Gasteiger partial charge in [0.2, 0.25) is 12.2 Å². The van der Waals surface area contributed by atoms with Crippen molar-refractivity contribution in [3.8, 4) is 0 Å². The minimum Gasteiger partial charge on any atom is -0.211 e. The van der Waals surface area contributed by atoms with Gasteiger partial charge >= 0.3 is 0 Å². The Morgan fingerprint density at radius 2 is 2.00 bits per heavy atom. The predicted octanol–water partition coefficient (Wildman–Crippen LogP) is 2.61. The van der Waals surface area contributed by atoms with E-state index in [0.717, 1.165) is 11.1 Å². The standard InChI is InChI=1S/C12H12N2O2/c1-9(2)10-4-3-5-12(14-8-16)11(10)6-13-7-15/h3-5,9H,6H2,1-2H3. The molecule has 0 heterocycles. The molecule has 0 saturated carbocycles. The maximum absolute atomic E-state index is 10.3. The van der Waals surface area contributed by atoms with Crippen molar-refractivity contribution in [1.29, 1.82) is 0 Å². The van der Waals surface area contributed by atoms with Gasteiger partial charge in [-0.3, -0.25) is 0 Å². The fraction of sp³-hybridized carbons (Fsp3) is 0.333. The first-order valence-corrected chi connectivity index (χ1v) is 4.94. The van der Waals surface area contributed by atoms with Crippen LogP contribution in [0, 0.1) is 0 Å². The fourth-order valence-corrected chi connectivity index (χ4v) is 1.57. The van der Waals surface area contributed by atoms with Crippen LogP contribution in [0.1, 0.15) is 30.9 Å². The minimum atomic E-state index is 0.193. The van der Waals surface area contributed by atoms with Crippen molar-refractivity contribution in [2.45, 2.75) is 26.3 Å². The molecule has 0 unspecified atom stereocenters. The number of aliphatic imine (C=N–C) groups is 2. The zero-order valence-corrected chi connectivity index (χ0v) is 9.23.